The first-order chi connectivity index (χ1) is 13.9. The molecule has 3 aromatic rings. The molecule has 0 aliphatic heterocycles. The van der Waals surface area contributed by atoms with Crippen LogP contribution in [0, 0.1) is 0 Å². The maximum Gasteiger partial charge on any atom is 0.340 e. The van der Waals surface area contributed by atoms with E-state index in [1.807, 2.05) is 30.3 Å². The lowest BCUT2D eigenvalue weighted by Gasteiger charge is -2.12. The first kappa shape index (κ1) is 21.9. The lowest BCUT2D eigenvalue weighted by atomic mass is 10.1. The Morgan fingerprint density at radius 2 is 1.72 bits per heavy atom. The molecule has 1 aromatic heterocycles. The minimum Gasteiger partial charge on any atom is -0.465 e. The van der Waals surface area contributed by atoms with Crippen LogP contribution in [0.2, 0.25) is 15.1 Å². The molecule has 2 aromatic carbocycles. The number of carbonyl (C=O) groups excluding carboxylic acids is 1. The van der Waals surface area contributed by atoms with Crippen LogP contribution < -0.4 is 10.6 Å². The van der Waals surface area contributed by atoms with Crippen LogP contribution in [-0.4, -0.2) is 18.2 Å². The number of esters is 1. The van der Waals surface area contributed by atoms with Crippen molar-refractivity contribution in [1.29, 1.82) is 0 Å². The molecule has 0 saturated heterocycles. The summed E-state index contributed by atoms with van der Waals surface area (Å²) in [7, 11) is 1.34. The van der Waals surface area contributed by atoms with Crippen LogP contribution in [0.15, 0.2) is 48.5 Å². The highest BCUT2D eigenvalue weighted by Gasteiger charge is 2.18. The van der Waals surface area contributed by atoms with Crippen LogP contribution >= 0.6 is 58.4 Å². The topological polar surface area (TPSA) is 50.4 Å². The molecule has 1 heterocycles. The number of halogens is 3. The third kappa shape index (κ3) is 5.62. The molecule has 0 radical (unpaired) electrons. The summed E-state index contributed by atoms with van der Waals surface area (Å²) in [5, 5.41) is 7.91. The molecular formula is C20H15Cl3N2O2S2. The van der Waals surface area contributed by atoms with Crippen LogP contribution in [0.1, 0.15) is 20.8 Å². The Balaban J connectivity index is 1.80. The molecule has 2 N–H and O–H groups in total. The molecule has 0 amide bonds. The SMILES string of the molecule is COC(=O)c1cc(Cc2ccccc2)sc1NC(=S)Nc1cc(Cl)c(Cl)cc1Cl. The monoisotopic (exact) mass is 484 g/mol. The van der Waals surface area contributed by atoms with Gasteiger partial charge in [0.25, 0.3) is 0 Å². The number of thiocarbonyl (C=S) groups is 1. The highest BCUT2D eigenvalue weighted by molar-refractivity contribution is 7.80. The van der Waals surface area contributed by atoms with Gasteiger partial charge in [-0.25, -0.2) is 4.79 Å². The molecule has 0 spiro atoms. The first-order valence-electron chi connectivity index (χ1n) is 8.35. The molecule has 0 saturated carbocycles. The van der Waals surface area contributed by atoms with E-state index >= 15 is 0 Å². The largest absolute Gasteiger partial charge is 0.465 e. The van der Waals surface area contributed by atoms with E-state index in [0.717, 1.165) is 10.4 Å². The number of rotatable bonds is 5. The van der Waals surface area contributed by atoms with Gasteiger partial charge in [0, 0.05) is 11.3 Å². The number of carbonyl (C=O) groups is 1. The Kier molecular flexibility index (Phi) is 7.38. The van der Waals surface area contributed by atoms with Gasteiger partial charge in [-0.2, -0.15) is 0 Å². The van der Waals surface area contributed by atoms with Crippen molar-refractivity contribution in [3.8, 4) is 0 Å². The number of thiophene rings is 1. The Bertz CT molecular complexity index is 1060. The molecule has 4 nitrogen and oxygen atoms in total. The van der Waals surface area contributed by atoms with Crippen LogP contribution in [0.3, 0.4) is 0 Å². The summed E-state index contributed by atoms with van der Waals surface area (Å²) in [5.74, 6) is -0.446. The van der Waals surface area contributed by atoms with E-state index in [-0.39, 0.29) is 5.11 Å². The van der Waals surface area contributed by atoms with Gasteiger partial charge in [-0.05, 0) is 36.0 Å². The van der Waals surface area contributed by atoms with Crippen LogP contribution in [0.5, 0.6) is 0 Å². The smallest absolute Gasteiger partial charge is 0.340 e. The van der Waals surface area contributed by atoms with Gasteiger partial charge >= 0.3 is 5.97 Å². The second-order valence-corrected chi connectivity index (χ2v) is 8.70. The van der Waals surface area contributed by atoms with Crippen LogP contribution in [0.4, 0.5) is 10.7 Å². The third-order valence-electron chi connectivity index (χ3n) is 3.89. The van der Waals surface area contributed by atoms with E-state index < -0.39 is 5.97 Å². The second kappa shape index (κ2) is 9.78. The summed E-state index contributed by atoms with van der Waals surface area (Å²) < 4.78 is 4.90. The molecule has 0 fully saturated rings. The minimum atomic E-state index is -0.446. The van der Waals surface area contributed by atoms with Crippen molar-refractivity contribution in [3.63, 3.8) is 0 Å². The average Bonchev–Trinajstić information content (AvgIpc) is 3.08. The predicted molar refractivity (Wildman–Crippen MR) is 126 cm³/mol. The van der Waals surface area contributed by atoms with Crippen molar-refractivity contribution in [2.75, 3.05) is 17.7 Å². The molecule has 0 aliphatic carbocycles. The Hall–Kier alpha value is -1.83. The maximum absolute atomic E-state index is 12.2. The van der Waals surface area contributed by atoms with Crippen molar-refractivity contribution in [2.24, 2.45) is 0 Å². The van der Waals surface area contributed by atoms with E-state index in [0.29, 0.717) is 37.7 Å². The van der Waals surface area contributed by atoms with E-state index in [9.17, 15) is 4.79 Å². The van der Waals surface area contributed by atoms with Crippen molar-refractivity contribution >= 4 is 80.1 Å². The molecule has 3 rings (SSSR count). The van der Waals surface area contributed by atoms with Gasteiger partial charge in [-0.15, -0.1) is 11.3 Å². The summed E-state index contributed by atoms with van der Waals surface area (Å²) >= 11 is 25.0. The first-order valence-corrected chi connectivity index (χ1v) is 10.7. The molecule has 0 bridgehead atoms. The fraction of sp³-hybridized carbons (Fsp3) is 0.100. The summed E-state index contributed by atoms with van der Waals surface area (Å²) in [4.78, 5) is 13.2. The zero-order valence-electron chi connectivity index (χ0n) is 15.1. The van der Waals surface area contributed by atoms with Crippen LogP contribution in [-0.2, 0) is 11.2 Å². The molecule has 0 aliphatic rings. The normalized spacial score (nSPS) is 10.5. The third-order valence-corrected chi connectivity index (χ3v) is 6.18. The highest BCUT2D eigenvalue weighted by Crippen LogP contribution is 2.33. The van der Waals surface area contributed by atoms with Gasteiger partial charge in [0.15, 0.2) is 5.11 Å². The number of anilines is 2. The van der Waals surface area contributed by atoms with E-state index in [1.165, 1.54) is 24.5 Å². The van der Waals surface area contributed by atoms with Crippen molar-refractivity contribution in [2.45, 2.75) is 6.42 Å². The Morgan fingerprint density at radius 1 is 1.03 bits per heavy atom. The van der Waals surface area contributed by atoms with E-state index in [2.05, 4.69) is 10.6 Å². The lowest BCUT2D eigenvalue weighted by molar-refractivity contribution is 0.0602. The fourth-order valence-electron chi connectivity index (χ4n) is 2.56. The van der Waals surface area contributed by atoms with Gasteiger partial charge in [-0.1, -0.05) is 65.1 Å². The Labute approximate surface area is 192 Å². The average molecular weight is 486 g/mol. The number of benzene rings is 2. The number of hydrogen-bond donors (Lipinski definition) is 2. The van der Waals surface area contributed by atoms with Gasteiger partial charge < -0.3 is 15.4 Å². The zero-order chi connectivity index (χ0) is 21.0. The number of methoxy groups -OCH3 is 1. The van der Waals surface area contributed by atoms with E-state index in [4.69, 9.17) is 51.8 Å². The Morgan fingerprint density at radius 3 is 2.41 bits per heavy atom. The quantitative estimate of drug-likeness (QED) is 0.234. The number of ether oxygens (including phenoxy) is 1. The summed E-state index contributed by atoms with van der Waals surface area (Å²) in [6, 6.07) is 14.9. The number of nitrogens with one attached hydrogen (secondary N) is 2. The predicted octanol–water partition coefficient (Wildman–Crippen LogP) is 6.89. The standard InChI is InChI=1S/C20H15Cl3N2O2S2/c1-27-19(26)13-8-12(7-11-5-3-2-4-6-11)29-18(13)25-20(28)24-17-10-15(22)14(21)9-16(17)23/h2-6,8-10H,7H2,1H3,(H2,24,25,28). The van der Waals surface area contributed by atoms with Gasteiger partial charge in [-0.3, -0.25) is 0 Å². The molecule has 150 valence electrons. The van der Waals surface area contributed by atoms with Crippen molar-refractivity contribution < 1.29 is 9.53 Å². The summed E-state index contributed by atoms with van der Waals surface area (Å²) in [6.07, 6.45) is 0.690. The molecule has 29 heavy (non-hydrogen) atoms. The van der Waals surface area contributed by atoms with Gasteiger partial charge in [0.05, 0.1) is 33.4 Å². The van der Waals surface area contributed by atoms with E-state index in [1.54, 1.807) is 12.1 Å². The molecule has 0 atom stereocenters. The molecule has 9 heteroatoms. The summed E-state index contributed by atoms with van der Waals surface area (Å²) in [6.45, 7) is 0. The van der Waals surface area contributed by atoms with Gasteiger partial charge in [0.1, 0.15) is 5.00 Å². The summed E-state index contributed by atoms with van der Waals surface area (Å²) in [5.41, 5.74) is 2.05. The second-order valence-electron chi connectivity index (χ2n) is 5.93. The van der Waals surface area contributed by atoms with Crippen LogP contribution in [0.25, 0.3) is 0 Å². The molecule has 0 unspecified atom stereocenters. The number of hydrogen-bond acceptors (Lipinski definition) is 4. The highest BCUT2D eigenvalue weighted by atomic mass is 35.5. The zero-order valence-corrected chi connectivity index (χ0v) is 19.0. The maximum atomic E-state index is 12.2. The minimum absolute atomic E-state index is 0.253. The lowest BCUT2D eigenvalue weighted by Crippen LogP contribution is -2.20. The van der Waals surface area contributed by atoms with Crippen molar-refractivity contribution in [1.82, 2.24) is 0 Å². The van der Waals surface area contributed by atoms with Crippen molar-refractivity contribution in [3.05, 3.63) is 79.6 Å². The van der Waals surface area contributed by atoms with Gasteiger partial charge in [0.2, 0.25) is 0 Å². The molecular weight excluding hydrogens is 471 g/mol. The fourth-order valence-corrected chi connectivity index (χ4v) is 4.51.